The Kier molecular flexibility index (Phi) is 4.26. The van der Waals surface area contributed by atoms with Crippen LogP contribution in [0.4, 0.5) is 5.69 Å². The molecule has 0 fully saturated rings. The summed E-state index contributed by atoms with van der Waals surface area (Å²) in [5, 5.41) is 19.9. The molecule has 0 unspecified atom stereocenters. The number of benzene rings is 3. The summed E-state index contributed by atoms with van der Waals surface area (Å²) in [6.45, 7) is 0. The van der Waals surface area contributed by atoms with E-state index in [2.05, 4.69) is 10.3 Å². The lowest BCUT2D eigenvalue weighted by atomic mass is 10.1. The Bertz CT molecular complexity index is 1040. The Balaban J connectivity index is 1.81. The standard InChI is InChI=1S/C21H16N4O/c26-24(16-17-9-3-1-4-10-17)19-13-7-8-14-20(19)25-21(15-22-23-25)18-11-5-2-6-12-18/h1-16H/p+1. The molecular formula is C21H17N4O+. The molecular weight excluding hydrogens is 324 g/mol. The van der Waals surface area contributed by atoms with Gasteiger partial charge in [-0.1, -0.05) is 65.9 Å². The van der Waals surface area contributed by atoms with Crippen molar-refractivity contribution in [2.24, 2.45) is 0 Å². The van der Waals surface area contributed by atoms with Crippen LogP contribution in [0.25, 0.3) is 16.9 Å². The van der Waals surface area contributed by atoms with Gasteiger partial charge in [0.1, 0.15) is 0 Å². The van der Waals surface area contributed by atoms with Crippen molar-refractivity contribution >= 4 is 11.9 Å². The van der Waals surface area contributed by atoms with Crippen LogP contribution in [0.2, 0.25) is 0 Å². The third-order valence-corrected chi connectivity index (χ3v) is 4.08. The van der Waals surface area contributed by atoms with Crippen LogP contribution in [0, 0.1) is 5.21 Å². The number of aromatic amines is 1. The molecule has 1 heterocycles. The van der Waals surface area contributed by atoms with Crippen molar-refractivity contribution in [2.45, 2.75) is 0 Å². The van der Waals surface area contributed by atoms with Gasteiger partial charge in [0.2, 0.25) is 17.6 Å². The van der Waals surface area contributed by atoms with E-state index >= 15 is 0 Å². The van der Waals surface area contributed by atoms with Crippen molar-refractivity contribution in [1.82, 2.24) is 10.3 Å². The highest BCUT2D eigenvalue weighted by Gasteiger charge is 2.22. The van der Waals surface area contributed by atoms with E-state index in [0.29, 0.717) is 5.69 Å². The van der Waals surface area contributed by atoms with Crippen molar-refractivity contribution in [2.75, 3.05) is 0 Å². The maximum atomic E-state index is 12.8. The Morgan fingerprint density at radius 1 is 0.846 bits per heavy atom. The van der Waals surface area contributed by atoms with Crippen LogP contribution in [-0.4, -0.2) is 21.3 Å². The monoisotopic (exact) mass is 341 g/mol. The van der Waals surface area contributed by atoms with E-state index in [1.165, 1.54) is 0 Å². The van der Waals surface area contributed by atoms with Gasteiger partial charge < -0.3 is 5.21 Å². The van der Waals surface area contributed by atoms with Crippen LogP contribution in [0.3, 0.4) is 0 Å². The molecule has 4 aromatic rings. The molecule has 0 atom stereocenters. The molecule has 4 rings (SSSR count). The molecule has 3 aromatic carbocycles. The highest BCUT2D eigenvalue weighted by atomic mass is 16.5. The zero-order valence-corrected chi connectivity index (χ0v) is 14.0. The molecule has 0 saturated carbocycles. The molecule has 0 aliphatic rings. The van der Waals surface area contributed by atoms with Crippen LogP contribution in [0.1, 0.15) is 5.56 Å². The predicted octanol–water partition coefficient (Wildman–Crippen LogP) is 3.61. The van der Waals surface area contributed by atoms with Gasteiger partial charge in [-0.05, 0) is 18.2 Å². The lowest BCUT2D eigenvalue weighted by Gasteiger charge is -2.07. The molecule has 26 heavy (non-hydrogen) atoms. The molecule has 0 amide bonds. The van der Waals surface area contributed by atoms with Crippen LogP contribution in [0.5, 0.6) is 0 Å². The van der Waals surface area contributed by atoms with Crippen LogP contribution < -0.4 is 4.68 Å². The number of para-hydroxylation sites is 2. The first-order chi connectivity index (χ1) is 12.8. The van der Waals surface area contributed by atoms with E-state index < -0.39 is 0 Å². The number of H-pyrrole nitrogens is 1. The summed E-state index contributed by atoms with van der Waals surface area (Å²) in [7, 11) is 0. The maximum absolute atomic E-state index is 12.8. The second-order valence-electron chi connectivity index (χ2n) is 5.80. The first-order valence-electron chi connectivity index (χ1n) is 8.29. The van der Waals surface area contributed by atoms with Gasteiger partial charge in [0.15, 0.2) is 6.21 Å². The minimum atomic E-state index is 0.530. The molecule has 126 valence electrons. The summed E-state index contributed by atoms with van der Waals surface area (Å²) >= 11 is 0. The van der Waals surface area contributed by atoms with Crippen molar-refractivity contribution < 1.29 is 9.42 Å². The van der Waals surface area contributed by atoms with Gasteiger partial charge >= 0.3 is 0 Å². The molecule has 0 saturated heterocycles. The molecule has 0 radical (unpaired) electrons. The molecule has 1 aromatic heterocycles. The summed E-state index contributed by atoms with van der Waals surface area (Å²) in [6, 6.07) is 26.9. The minimum Gasteiger partial charge on any atom is -0.618 e. The topological polar surface area (TPSA) is 58.6 Å². The number of aromatic nitrogens is 3. The fourth-order valence-electron chi connectivity index (χ4n) is 2.84. The third kappa shape index (κ3) is 3.10. The zero-order valence-electron chi connectivity index (χ0n) is 14.0. The van der Waals surface area contributed by atoms with E-state index in [1.807, 2.05) is 83.5 Å². The van der Waals surface area contributed by atoms with E-state index in [9.17, 15) is 5.21 Å². The highest BCUT2D eigenvalue weighted by Crippen LogP contribution is 2.21. The molecule has 5 heteroatoms. The van der Waals surface area contributed by atoms with Crippen molar-refractivity contribution in [3.05, 3.63) is 102 Å². The quantitative estimate of drug-likeness (QED) is 0.267. The third-order valence-electron chi connectivity index (χ3n) is 4.08. The Morgan fingerprint density at radius 2 is 1.50 bits per heavy atom. The Hall–Kier alpha value is -3.73. The Labute approximate surface area is 151 Å². The van der Waals surface area contributed by atoms with Crippen LogP contribution in [-0.2, 0) is 0 Å². The van der Waals surface area contributed by atoms with E-state index in [0.717, 1.165) is 27.2 Å². The summed E-state index contributed by atoms with van der Waals surface area (Å²) in [5.74, 6) is 0. The van der Waals surface area contributed by atoms with Gasteiger partial charge in [-0.3, -0.25) is 0 Å². The average Bonchev–Trinajstić information content (AvgIpc) is 3.19. The van der Waals surface area contributed by atoms with Gasteiger partial charge in [-0.25, -0.2) is 0 Å². The average molecular weight is 341 g/mol. The number of nitrogens with zero attached hydrogens (tertiary/aromatic N) is 3. The van der Waals surface area contributed by atoms with Gasteiger partial charge in [-0.15, -0.1) is 4.68 Å². The van der Waals surface area contributed by atoms with Crippen LogP contribution >= 0.6 is 0 Å². The molecule has 5 nitrogen and oxygen atoms in total. The number of nitrogens with one attached hydrogen (secondary N) is 1. The normalized spacial score (nSPS) is 11.5. The summed E-state index contributed by atoms with van der Waals surface area (Å²) in [5.41, 5.74) is 4.00. The van der Waals surface area contributed by atoms with Gasteiger partial charge in [0.25, 0.3) is 5.69 Å². The molecule has 1 N–H and O–H groups in total. The van der Waals surface area contributed by atoms with Crippen molar-refractivity contribution in [1.29, 1.82) is 0 Å². The lowest BCUT2D eigenvalue weighted by molar-refractivity contribution is -0.652. The molecule has 0 bridgehead atoms. The highest BCUT2D eigenvalue weighted by molar-refractivity contribution is 5.76. The predicted molar refractivity (Wildman–Crippen MR) is 100 cm³/mol. The summed E-state index contributed by atoms with van der Waals surface area (Å²) in [4.78, 5) is 0. The van der Waals surface area contributed by atoms with E-state index in [1.54, 1.807) is 18.5 Å². The number of rotatable bonds is 4. The first-order valence-corrected chi connectivity index (χ1v) is 8.29. The number of hydrogen-bond acceptors (Lipinski definition) is 2. The largest absolute Gasteiger partial charge is 0.618 e. The fraction of sp³-hybridized carbons (Fsp3) is 0. The first kappa shape index (κ1) is 15.8. The summed E-state index contributed by atoms with van der Waals surface area (Å²) < 4.78 is 2.70. The minimum absolute atomic E-state index is 0.530. The maximum Gasteiger partial charge on any atom is 0.266 e. The van der Waals surface area contributed by atoms with Crippen molar-refractivity contribution in [3.8, 4) is 16.9 Å². The smallest absolute Gasteiger partial charge is 0.266 e. The second-order valence-corrected chi connectivity index (χ2v) is 5.80. The SMILES string of the molecule is [O-][N+](=Cc1ccccc1)c1ccccc1-[n+]1[nH]ncc1-c1ccccc1. The Morgan fingerprint density at radius 3 is 2.27 bits per heavy atom. The number of hydrogen-bond donors (Lipinski definition) is 1. The van der Waals surface area contributed by atoms with Gasteiger partial charge in [0, 0.05) is 22.3 Å². The lowest BCUT2D eigenvalue weighted by Crippen LogP contribution is -2.35. The molecule has 0 aliphatic carbocycles. The zero-order chi connectivity index (χ0) is 17.8. The van der Waals surface area contributed by atoms with Gasteiger partial charge in [0.05, 0.1) is 0 Å². The van der Waals surface area contributed by atoms with E-state index in [4.69, 9.17) is 0 Å². The van der Waals surface area contributed by atoms with Crippen LogP contribution in [0.15, 0.2) is 91.1 Å². The summed E-state index contributed by atoms with van der Waals surface area (Å²) in [6.07, 6.45) is 3.32. The fourth-order valence-corrected chi connectivity index (χ4v) is 2.84. The molecule has 0 spiro atoms. The second kappa shape index (κ2) is 7.03. The van der Waals surface area contributed by atoms with Gasteiger partial charge in [-0.2, -0.15) is 4.74 Å². The van der Waals surface area contributed by atoms with Crippen molar-refractivity contribution in [3.63, 3.8) is 0 Å². The van der Waals surface area contributed by atoms with E-state index in [-0.39, 0.29) is 0 Å². The molecule has 0 aliphatic heterocycles.